The Kier molecular flexibility index (Phi) is 6.55. The number of hydrogen-bond acceptors (Lipinski definition) is 0. The molecule has 0 nitrogen and oxygen atoms in total. The van der Waals surface area contributed by atoms with Crippen LogP contribution in [0.5, 0.6) is 0 Å². The van der Waals surface area contributed by atoms with Crippen molar-refractivity contribution in [3.8, 4) is 0 Å². The summed E-state index contributed by atoms with van der Waals surface area (Å²) >= 11 is -0.346. The van der Waals surface area contributed by atoms with Crippen LogP contribution in [0.1, 0.15) is 34.6 Å². The van der Waals surface area contributed by atoms with E-state index >= 15 is 0 Å². The Morgan fingerprint density at radius 3 is 1.23 bits per heavy atom. The van der Waals surface area contributed by atoms with Crippen molar-refractivity contribution >= 4 is 19.4 Å². The topological polar surface area (TPSA) is 0 Å². The van der Waals surface area contributed by atoms with Gasteiger partial charge in [-0.3, -0.25) is 0 Å². The summed E-state index contributed by atoms with van der Waals surface area (Å²) in [5.74, 6) is 0.694. The minimum absolute atomic E-state index is 0.346. The molecule has 0 atom stereocenters. The summed E-state index contributed by atoms with van der Waals surface area (Å²) < 4.78 is 0. The average Bonchev–Trinajstić information content (AvgIpc) is 2.25. The van der Waals surface area contributed by atoms with Crippen molar-refractivity contribution in [1.82, 2.24) is 0 Å². The zero-order valence-corrected chi connectivity index (χ0v) is 11.9. The monoisotopic (exact) mass is 308 g/mol. The van der Waals surface area contributed by atoms with Gasteiger partial charge in [0, 0.05) is 0 Å². The molecule has 0 aliphatic heterocycles. The van der Waals surface area contributed by atoms with Crippen molar-refractivity contribution in [3.63, 3.8) is 0 Å². The Balaban J connectivity index is 0.000000424. The van der Waals surface area contributed by atoms with Gasteiger partial charge in [-0.25, -0.2) is 0 Å². The molecule has 1 rings (SSSR count). The van der Waals surface area contributed by atoms with Crippen LogP contribution >= 0.6 is 19.4 Å². The minimum atomic E-state index is -0.346. The summed E-state index contributed by atoms with van der Waals surface area (Å²) in [4.78, 5) is 0. The number of allylic oxidation sites excluding steroid dienone is 4. The average molecular weight is 308 g/mol. The van der Waals surface area contributed by atoms with Crippen molar-refractivity contribution in [1.29, 1.82) is 0 Å². The molecule has 3 heteroatoms. The van der Waals surface area contributed by atoms with Crippen molar-refractivity contribution < 1.29 is 15.1 Å². The second-order valence-corrected chi connectivity index (χ2v) is 6.03. The molecule has 0 aromatic carbocycles. The van der Waals surface area contributed by atoms with Crippen molar-refractivity contribution in [2.75, 3.05) is 0 Å². The van der Waals surface area contributed by atoms with Gasteiger partial charge in [0.15, 0.2) is 0 Å². The molecule has 0 bridgehead atoms. The van der Waals surface area contributed by atoms with E-state index in [0.717, 1.165) is 0 Å². The van der Waals surface area contributed by atoms with E-state index in [4.69, 9.17) is 19.4 Å². The second kappa shape index (κ2) is 6.22. The van der Waals surface area contributed by atoms with Gasteiger partial charge in [-0.1, -0.05) is 18.1 Å². The predicted molar refractivity (Wildman–Crippen MR) is 57.6 cm³/mol. The summed E-state index contributed by atoms with van der Waals surface area (Å²) in [7, 11) is 9.71. The Hall–Kier alpha value is 0.683. The first-order valence-electron chi connectivity index (χ1n) is 4.17. The van der Waals surface area contributed by atoms with Crippen LogP contribution in [0.2, 0.25) is 0 Å². The van der Waals surface area contributed by atoms with E-state index in [1.165, 1.54) is 11.1 Å². The van der Waals surface area contributed by atoms with E-state index in [0.29, 0.717) is 5.92 Å². The molecule has 78 valence electrons. The van der Waals surface area contributed by atoms with E-state index in [-0.39, 0.29) is 15.1 Å². The maximum absolute atomic E-state index is 4.85. The fraction of sp³-hybridized carbons (Fsp3) is 0.600. The molecular weight excluding hydrogens is 292 g/mol. The van der Waals surface area contributed by atoms with E-state index in [9.17, 15) is 0 Å². The molecule has 0 saturated carbocycles. The van der Waals surface area contributed by atoms with Gasteiger partial charge >= 0.3 is 34.5 Å². The zero-order valence-electron chi connectivity index (χ0n) is 8.69. The molecule has 0 unspecified atom stereocenters. The summed E-state index contributed by atoms with van der Waals surface area (Å²) in [6.45, 7) is 11.2. The fourth-order valence-corrected chi connectivity index (χ4v) is 1.57. The summed E-state index contributed by atoms with van der Waals surface area (Å²) in [5.41, 5.74) is 6.11. The Bertz CT molecular complexity index is 217. The molecular formula is C10H16Cl2Ru. The van der Waals surface area contributed by atoms with Crippen LogP contribution in [0, 0.1) is 5.92 Å². The first kappa shape index (κ1) is 13.7. The molecule has 1 aliphatic carbocycles. The van der Waals surface area contributed by atoms with Crippen molar-refractivity contribution in [3.05, 3.63) is 22.3 Å². The second-order valence-electron chi connectivity index (χ2n) is 3.39. The van der Waals surface area contributed by atoms with Crippen LogP contribution in [0.15, 0.2) is 22.3 Å². The maximum atomic E-state index is 4.85. The molecule has 0 N–H and O–H groups in total. The summed E-state index contributed by atoms with van der Waals surface area (Å²) in [6, 6.07) is 0. The molecule has 0 radical (unpaired) electrons. The molecule has 0 aromatic rings. The third-order valence-electron chi connectivity index (χ3n) is 3.04. The number of rotatable bonds is 0. The number of hydrogen-bond donors (Lipinski definition) is 0. The quantitative estimate of drug-likeness (QED) is 0.570. The van der Waals surface area contributed by atoms with Gasteiger partial charge in [-0.2, -0.15) is 0 Å². The molecule has 0 amide bonds. The first-order chi connectivity index (χ1) is 5.97. The van der Waals surface area contributed by atoms with Gasteiger partial charge < -0.3 is 0 Å². The first-order valence-corrected chi connectivity index (χ1v) is 8.65. The predicted octanol–water partition coefficient (Wildman–Crippen LogP) is 4.69. The van der Waals surface area contributed by atoms with Crippen LogP contribution in [0.25, 0.3) is 0 Å². The molecule has 13 heavy (non-hydrogen) atoms. The Morgan fingerprint density at radius 1 is 0.923 bits per heavy atom. The van der Waals surface area contributed by atoms with Crippen LogP contribution in [0.4, 0.5) is 0 Å². The third-order valence-corrected chi connectivity index (χ3v) is 3.04. The number of halogens is 2. The standard InChI is InChI=1S/C10H16.2ClH.Ru/c1-6-7(2)9(4)10(5)8(6)3;;;/h6H,1-5H3;2*1H;/q;;;+2/p-2. The van der Waals surface area contributed by atoms with Crippen LogP contribution in [0.3, 0.4) is 0 Å². The van der Waals surface area contributed by atoms with Crippen molar-refractivity contribution in [2.24, 2.45) is 5.92 Å². The van der Waals surface area contributed by atoms with Gasteiger partial charge in [0.2, 0.25) is 0 Å². The fourth-order valence-electron chi connectivity index (χ4n) is 1.57. The molecule has 0 fully saturated rings. The zero-order chi connectivity index (χ0) is 10.6. The summed E-state index contributed by atoms with van der Waals surface area (Å²) in [6.07, 6.45) is 0. The Labute approximate surface area is 97.1 Å². The molecule has 0 heterocycles. The van der Waals surface area contributed by atoms with Gasteiger partial charge in [0.05, 0.1) is 0 Å². The van der Waals surface area contributed by atoms with E-state index in [2.05, 4.69) is 34.6 Å². The van der Waals surface area contributed by atoms with E-state index in [1.54, 1.807) is 11.1 Å². The summed E-state index contributed by atoms with van der Waals surface area (Å²) in [5, 5.41) is 0. The van der Waals surface area contributed by atoms with Gasteiger partial charge in [0.1, 0.15) is 0 Å². The normalized spacial score (nSPS) is 18.1. The van der Waals surface area contributed by atoms with Crippen LogP contribution in [-0.4, -0.2) is 0 Å². The van der Waals surface area contributed by atoms with Crippen LogP contribution < -0.4 is 0 Å². The Morgan fingerprint density at radius 2 is 1.15 bits per heavy atom. The van der Waals surface area contributed by atoms with Crippen LogP contribution in [-0.2, 0) is 15.1 Å². The van der Waals surface area contributed by atoms with E-state index in [1.807, 2.05) is 0 Å². The van der Waals surface area contributed by atoms with Gasteiger partial charge in [0.25, 0.3) is 0 Å². The van der Waals surface area contributed by atoms with Crippen molar-refractivity contribution in [2.45, 2.75) is 34.6 Å². The third kappa shape index (κ3) is 3.38. The van der Waals surface area contributed by atoms with Gasteiger partial charge in [-0.15, -0.1) is 0 Å². The van der Waals surface area contributed by atoms with Gasteiger partial charge in [-0.05, 0) is 44.8 Å². The molecule has 0 aromatic heterocycles. The molecule has 1 aliphatic rings. The SMILES string of the molecule is CC1=C(C)C(C)C(C)=C1C.[Cl][Ru][Cl]. The van der Waals surface area contributed by atoms with E-state index < -0.39 is 0 Å². The molecule has 0 spiro atoms. The molecule has 0 saturated heterocycles.